The molecule has 1 saturated heterocycles. The Bertz CT molecular complexity index is 671. The van der Waals surface area contributed by atoms with Gasteiger partial charge in [-0.15, -0.1) is 0 Å². The minimum absolute atomic E-state index is 0.0311. The zero-order chi connectivity index (χ0) is 15.5. The van der Waals surface area contributed by atoms with Crippen LogP contribution in [0.25, 0.3) is 0 Å². The maximum Gasteiger partial charge on any atom is 0.372 e. The molecule has 0 bridgehead atoms. The fraction of sp³-hybridized carbons (Fsp3) is 0.312. The van der Waals surface area contributed by atoms with E-state index in [0.29, 0.717) is 24.3 Å². The molecule has 1 aromatic carbocycles. The zero-order valence-corrected chi connectivity index (χ0v) is 12.0. The largest absolute Gasteiger partial charge is 0.475 e. The summed E-state index contributed by atoms with van der Waals surface area (Å²) in [6, 6.07) is 8.58. The van der Waals surface area contributed by atoms with E-state index in [1.54, 1.807) is 18.2 Å². The van der Waals surface area contributed by atoms with Crippen molar-refractivity contribution in [2.24, 2.45) is 0 Å². The van der Waals surface area contributed by atoms with Crippen molar-refractivity contribution in [2.75, 3.05) is 18.0 Å². The van der Waals surface area contributed by atoms with E-state index >= 15 is 0 Å². The Hall–Kier alpha value is -2.34. The number of carboxylic acids is 1. The van der Waals surface area contributed by atoms with Gasteiger partial charge < -0.3 is 19.7 Å². The van der Waals surface area contributed by atoms with Gasteiger partial charge in [-0.3, -0.25) is 0 Å². The highest BCUT2D eigenvalue weighted by Crippen LogP contribution is 2.23. The third-order valence-corrected chi connectivity index (χ3v) is 3.90. The van der Waals surface area contributed by atoms with Gasteiger partial charge in [0.05, 0.1) is 12.0 Å². The lowest BCUT2D eigenvalue weighted by molar-refractivity contribution is 0.0660. The number of anilines is 1. The van der Waals surface area contributed by atoms with E-state index in [1.807, 2.05) is 11.0 Å². The van der Waals surface area contributed by atoms with E-state index in [1.165, 1.54) is 12.3 Å². The third-order valence-electron chi connectivity index (χ3n) is 3.90. The van der Waals surface area contributed by atoms with Crippen molar-refractivity contribution in [2.45, 2.75) is 19.0 Å². The Labute approximate surface area is 127 Å². The second-order valence-corrected chi connectivity index (χ2v) is 5.34. The first-order chi connectivity index (χ1) is 10.6. The summed E-state index contributed by atoms with van der Waals surface area (Å²) in [6.45, 7) is 1.89. The maximum atomic E-state index is 13.8. The lowest BCUT2D eigenvalue weighted by Gasteiger charge is -2.19. The molecule has 1 atom stereocenters. The van der Waals surface area contributed by atoms with Crippen LogP contribution in [-0.4, -0.2) is 30.2 Å². The molecule has 2 heterocycles. The number of benzene rings is 1. The Kier molecular flexibility index (Phi) is 4.11. The first-order valence-corrected chi connectivity index (χ1v) is 7.17. The Morgan fingerprint density at radius 2 is 2.23 bits per heavy atom. The fourth-order valence-corrected chi connectivity index (χ4v) is 2.77. The average Bonchev–Trinajstić information content (AvgIpc) is 3.14. The number of hydrogen-bond donors (Lipinski definition) is 2. The van der Waals surface area contributed by atoms with Gasteiger partial charge in [0, 0.05) is 31.2 Å². The van der Waals surface area contributed by atoms with Crippen molar-refractivity contribution in [3.8, 4) is 0 Å². The second-order valence-electron chi connectivity index (χ2n) is 5.34. The molecule has 22 heavy (non-hydrogen) atoms. The van der Waals surface area contributed by atoms with Crippen LogP contribution in [0.3, 0.4) is 0 Å². The minimum atomic E-state index is -1.07. The molecule has 1 aromatic heterocycles. The van der Waals surface area contributed by atoms with Gasteiger partial charge >= 0.3 is 5.97 Å². The summed E-state index contributed by atoms with van der Waals surface area (Å²) >= 11 is 0. The minimum Gasteiger partial charge on any atom is -0.475 e. The number of rotatable bonds is 5. The van der Waals surface area contributed by atoms with Crippen molar-refractivity contribution in [3.05, 3.63) is 53.7 Å². The lowest BCUT2D eigenvalue weighted by Crippen LogP contribution is -2.32. The van der Waals surface area contributed by atoms with E-state index in [0.717, 1.165) is 13.0 Å². The number of aromatic carboxylic acids is 1. The average molecular weight is 304 g/mol. The van der Waals surface area contributed by atoms with Crippen molar-refractivity contribution >= 4 is 11.7 Å². The van der Waals surface area contributed by atoms with Gasteiger partial charge in [-0.2, -0.15) is 0 Å². The van der Waals surface area contributed by atoms with E-state index < -0.39 is 5.97 Å². The van der Waals surface area contributed by atoms with Crippen molar-refractivity contribution in [3.63, 3.8) is 0 Å². The molecule has 0 amide bonds. The highest BCUT2D eigenvalue weighted by Gasteiger charge is 2.24. The molecule has 2 N–H and O–H groups in total. The van der Waals surface area contributed by atoms with Crippen LogP contribution in [0, 0.1) is 5.82 Å². The Morgan fingerprint density at radius 3 is 3.00 bits per heavy atom. The highest BCUT2D eigenvalue weighted by molar-refractivity contribution is 5.86. The molecule has 1 aliphatic rings. The molecule has 3 rings (SSSR count). The normalized spacial score (nSPS) is 17.9. The molecule has 2 aromatic rings. The number of nitrogens with one attached hydrogen (secondary N) is 1. The van der Waals surface area contributed by atoms with E-state index in [-0.39, 0.29) is 17.6 Å². The Balaban J connectivity index is 1.59. The summed E-state index contributed by atoms with van der Waals surface area (Å²) in [5, 5.41) is 12.3. The molecule has 0 saturated carbocycles. The van der Waals surface area contributed by atoms with Crippen LogP contribution in [0.4, 0.5) is 10.1 Å². The standard InChI is InChI=1S/C16H17FN2O3/c17-13-3-1-2-4-14(13)19-7-5-12(10-19)18-9-11-6-8-22-15(11)16(20)21/h1-4,6,8,12,18H,5,7,9-10H2,(H,20,21). The predicted molar refractivity (Wildman–Crippen MR) is 79.5 cm³/mol. The van der Waals surface area contributed by atoms with Crippen LogP contribution >= 0.6 is 0 Å². The topological polar surface area (TPSA) is 65.7 Å². The van der Waals surface area contributed by atoms with Crippen LogP contribution in [-0.2, 0) is 6.54 Å². The molecule has 1 aliphatic heterocycles. The van der Waals surface area contributed by atoms with Gasteiger partial charge in [0.15, 0.2) is 0 Å². The summed E-state index contributed by atoms with van der Waals surface area (Å²) in [5.41, 5.74) is 1.23. The molecule has 0 radical (unpaired) electrons. The van der Waals surface area contributed by atoms with Gasteiger partial charge in [-0.25, -0.2) is 9.18 Å². The lowest BCUT2D eigenvalue weighted by atomic mass is 10.2. The number of nitrogens with zero attached hydrogens (tertiary/aromatic N) is 1. The first kappa shape index (κ1) is 14.6. The maximum absolute atomic E-state index is 13.8. The van der Waals surface area contributed by atoms with Crippen LogP contribution in [0.2, 0.25) is 0 Å². The molecule has 6 heteroatoms. The fourth-order valence-electron chi connectivity index (χ4n) is 2.77. The number of carboxylic acid groups (broad SMARTS) is 1. The molecule has 1 unspecified atom stereocenters. The molecule has 0 aliphatic carbocycles. The Morgan fingerprint density at radius 1 is 1.41 bits per heavy atom. The summed E-state index contributed by atoms with van der Waals surface area (Å²) in [5.74, 6) is -1.32. The molecule has 116 valence electrons. The molecule has 1 fully saturated rings. The zero-order valence-electron chi connectivity index (χ0n) is 12.0. The van der Waals surface area contributed by atoms with E-state index in [4.69, 9.17) is 9.52 Å². The van der Waals surface area contributed by atoms with E-state index in [9.17, 15) is 9.18 Å². The van der Waals surface area contributed by atoms with E-state index in [2.05, 4.69) is 5.32 Å². The first-order valence-electron chi connectivity index (χ1n) is 7.17. The molecule has 0 spiro atoms. The quantitative estimate of drug-likeness (QED) is 0.888. The molecular weight excluding hydrogens is 287 g/mol. The van der Waals surface area contributed by atoms with Gasteiger partial charge in [-0.05, 0) is 24.6 Å². The van der Waals surface area contributed by atoms with Crippen LogP contribution in [0.15, 0.2) is 41.0 Å². The predicted octanol–water partition coefficient (Wildman–Crippen LogP) is 2.49. The summed E-state index contributed by atoms with van der Waals surface area (Å²) in [4.78, 5) is 13.0. The molecular formula is C16H17FN2O3. The van der Waals surface area contributed by atoms with Crippen molar-refractivity contribution < 1.29 is 18.7 Å². The van der Waals surface area contributed by atoms with Crippen LogP contribution in [0.5, 0.6) is 0 Å². The second kappa shape index (κ2) is 6.19. The van der Waals surface area contributed by atoms with Crippen LogP contribution in [0.1, 0.15) is 22.5 Å². The van der Waals surface area contributed by atoms with Crippen LogP contribution < -0.4 is 10.2 Å². The number of furan rings is 1. The number of hydrogen-bond acceptors (Lipinski definition) is 4. The summed E-state index contributed by atoms with van der Waals surface area (Å²) < 4.78 is 18.7. The van der Waals surface area contributed by atoms with Crippen molar-refractivity contribution in [1.29, 1.82) is 0 Å². The summed E-state index contributed by atoms with van der Waals surface area (Å²) in [6.07, 6.45) is 2.26. The number of para-hydroxylation sites is 1. The number of halogens is 1. The SMILES string of the molecule is O=C(O)c1occc1CNC1CCN(c2ccccc2F)C1. The molecule has 5 nitrogen and oxygen atoms in total. The van der Waals surface area contributed by atoms with Gasteiger partial charge in [0.1, 0.15) is 5.82 Å². The highest BCUT2D eigenvalue weighted by atomic mass is 19.1. The van der Waals surface area contributed by atoms with Crippen molar-refractivity contribution in [1.82, 2.24) is 5.32 Å². The van der Waals surface area contributed by atoms with Gasteiger partial charge in [0.2, 0.25) is 5.76 Å². The monoisotopic (exact) mass is 304 g/mol. The van der Waals surface area contributed by atoms with Gasteiger partial charge in [0.25, 0.3) is 0 Å². The van der Waals surface area contributed by atoms with Gasteiger partial charge in [-0.1, -0.05) is 12.1 Å². The summed E-state index contributed by atoms with van der Waals surface area (Å²) in [7, 11) is 0. The third kappa shape index (κ3) is 2.96. The smallest absolute Gasteiger partial charge is 0.372 e. The number of carbonyl (C=O) groups is 1.